The second-order valence-corrected chi connectivity index (χ2v) is 4.02. The molecule has 4 nitrogen and oxygen atoms in total. The molecule has 2 aliphatic rings. The molecule has 0 amide bonds. The van der Waals surface area contributed by atoms with Crippen molar-refractivity contribution >= 4 is 18.4 Å². The maximum absolute atomic E-state index is 10.4. The highest BCUT2D eigenvalue weighted by molar-refractivity contribution is 5.85. The third-order valence-electron chi connectivity index (χ3n) is 2.99. The van der Waals surface area contributed by atoms with Crippen LogP contribution in [0.25, 0.3) is 0 Å². The molecule has 1 spiro atoms. The smallest absolute Gasteiger partial charge is 0.305 e. The Kier molecular flexibility index (Phi) is 3.75. The first-order valence-corrected chi connectivity index (χ1v) is 4.79. The number of carboxylic acid groups (broad SMARTS) is 1. The predicted octanol–water partition coefficient (Wildman–Crippen LogP) is 0.794. The zero-order valence-electron chi connectivity index (χ0n) is 7.99. The molecule has 1 saturated carbocycles. The summed E-state index contributed by atoms with van der Waals surface area (Å²) in [6, 6.07) is 0.00345. The lowest BCUT2D eigenvalue weighted by Gasteiger charge is -2.46. The lowest BCUT2D eigenvalue weighted by atomic mass is 9.79. The van der Waals surface area contributed by atoms with Crippen molar-refractivity contribution in [3.63, 3.8) is 0 Å². The highest BCUT2D eigenvalue weighted by Gasteiger charge is 2.41. The van der Waals surface area contributed by atoms with Crippen LogP contribution >= 0.6 is 12.4 Å². The summed E-state index contributed by atoms with van der Waals surface area (Å²) in [6.45, 7) is 1.37. The number of aliphatic carboxylic acids is 1. The van der Waals surface area contributed by atoms with Gasteiger partial charge in [0, 0.05) is 12.6 Å². The Hall–Kier alpha value is -0.320. The zero-order chi connectivity index (χ0) is 9.31. The lowest BCUT2D eigenvalue weighted by molar-refractivity contribution is -0.146. The van der Waals surface area contributed by atoms with Crippen LogP contribution in [0.5, 0.6) is 0 Å². The van der Waals surface area contributed by atoms with Gasteiger partial charge in [-0.15, -0.1) is 12.4 Å². The average molecular weight is 222 g/mol. The molecule has 2 rings (SSSR count). The van der Waals surface area contributed by atoms with E-state index in [9.17, 15) is 4.79 Å². The number of halogens is 1. The molecule has 0 aromatic rings. The van der Waals surface area contributed by atoms with Gasteiger partial charge in [0.1, 0.15) is 0 Å². The normalized spacial score (nSPS) is 29.0. The molecule has 1 saturated heterocycles. The molecule has 0 bridgehead atoms. The Morgan fingerprint density at radius 1 is 1.57 bits per heavy atom. The van der Waals surface area contributed by atoms with E-state index in [-0.39, 0.29) is 30.5 Å². The van der Waals surface area contributed by atoms with Crippen molar-refractivity contribution in [3.05, 3.63) is 0 Å². The fourth-order valence-corrected chi connectivity index (χ4v) is 1.95. The van der Waals surface area contributed by atoms with Gasteiger partial charge in [0.15, 0.2) is 0 Å². The van der Waals surface area contributed by atoms with E-state index < -0.39 is 5.97 Å². The summed E-state index contributed by atoms with van der Waals surface area (Å²) < 4.78 is 5.69. The van der Waals surface area contributed by atoms with Gasteiger partial charge in [0.2, 0.25) is 0 Å². The van der Waals surface area contributed by atoms with Gasteiger partial charge in [0.05, 0.1) is 18.6 Å². The Bertz CT molecular complexity index is 208. The number of carboxylic acids is 1. The van der Waals surface area contributed by atoms with E-state index in [1.807, 2.05) is 0 Å². The minimum atomic E-state index is -0.759. The van der Waals surface area contributed by atoms with Crippen molar-refractivity contribution in [2.24, 2.45) is 0 Å². The fourth-order valence-electron chi connectivity index (χ4n) is 1.95. The zero-order valence-corrected chi connectivity index (χ0v) is 8.81. The van der Waals surface area contributed by atoms with Crippen LogP contribution in [-0.2, 0) is 9.53 Å². The minimum Gasteiger partial charge on any atom is -0.481 e. The van der Waals surface area contributed by atoms with Gasteiger partial charge in [-0.1, -0.05) is 0 Å². The molecule has 82 valence electrons. The minimum absolute atomic E-state index is 0. The molecule has 5 heteroatoms. The number of carbonyl (C=O) groups is 1. The summed E-state index contributed by atoms with van der Waals surface area (Å²) in [5.74, 6) is -0.759. The average Bonchev–Trinajstić information content (AvgIpc) is 2.02. The van der Waals surface area contributed by atoms with E-state index in [2.05, 4.69) is 5.32 Å². The van der Waals surface area contributed by atoms with E-state index in [1.54, 1.807) is 0 Å². The van der Waals surface area contributed by atoms with E-state index in [0.29, 0.717) is 6.61 Å². The number of ether oxygens (including phenoxy) is 1. The maximum atomic E-state index is 10.4. The Morgan fingerprint density at radius 2 is 2.29 bits per heavy atom. The van der Waals surface area contributed by atoms with Gasteiger partial charge in [-0.2, -0.15) is 0 Å². The summed E-state index contributed by atoms with van der Waals surface area (Å²) in [4.78, 5) is 10.4. The molecule has 14 heavy (non-hydrogen) atoms. The summed E-state index contributed by atoms with van der Waals surface area (Å²) in [5.41, 5.74) is 0.0645. The molecule has 1 unspecified atom stereocenters. The third kappa shape index (κ3) is 2.38. The molecular weight excluding hydrogens is 206 g/mol. The Labute approximate surface area is 89.4 Å². The molecule has 2 N–H and O–H groups in total. The van der Waals surface area contributed by atoms with Crippen LogP contribution in [0.1, 0.15) is 25.7 Å². The Morgan fingerprint density at radius 3 is 2.64 bits per heavy atom. The van der Waals surface area contributed by atoms with Crippen molar-refractivity contribution < 1.29 is 14.6 Å². The van der Waals surface area contributed by atoms with Crippen molar-refractivity contribution in [3.8, 4) is 0 Å². The monoisotopic (exact) mass is 221 g/mol. The number of morpholine rings is 1. The van der Waals surface area contributed by atoms with Crippen molar-refractivity contribution in [1.29, 1.82) is 0 Å². The van der Waals surface area contributed by atoms with E-state index in [4.69, 9.17) is 9.84 Å². The molecule has 0 radical (unpaired) electrons. The maximum Gasteiger partial charge on any atom is 0.305 e. The molecule has 0 aromatic heterocycles. The standard InChI is InChI=1S/C9H15NO3.ClH/c11-8(12)4-7-5-13-9(6-10-7)2-1-3-9;/h7,10H,1-6H2,(H,11,12);1H. The number of hydrogen-bond acceptors (Lipinski definition) is 3. The first kappa shape index (κ1) is 11.8. The molecule has 1 aliphatic heterocycles. The molecule has 1 atom stereocenters. The Balaban J connectivity index is 0.000000980. The van der Waals surface area contributed by atoms with Crippen LogP contribution in [0, 0.1) is 0 Å². The van der Waals surface area contributed by atoms with Crippen molar-refractivity contribution in [2.45, 2.75) is 37.3 Å². The van der Waals surface area contributed by atoms with Gasteiger partial charge in [-0.3, -0.25) is 4.79 Å². The first-order valence-electron chi connectivity index (χ1n) is 4.79. The lowest BCUT2D eigenvalue weighted by Crippen LogP contribution is -2.58. The first-order chi connectivity index (χ1) is 6.20. The summed E-state index contributed by atoms with van der Waals surface area (Å²) in [6.07, 6.45) is 3.65. The van der Waals surface area contributed by atoms with Gasteiger partial charge >= 0.3 is 5.97 Å². The van der Waals surface area contributed by atoms with Crippen LogP contribution in [0.15, 0.2) is 0 Å². The molecule has 2 fully saturated rings. The van der Waals surface area contributed by atoms with Gasteiger partial charge < -0.3 is 15.2 Å². The van der Waals surface area contributed by atoms with Crippen molar-refractivity contribution in [2.75, 3.05) is 13.2 Å². The third-order valence-corrected chi connectivity index (χ3v) is 2.99. The topological polar surface area (TPSA) is 58.6 Å². The molecule has 1 aliphatic carbocycles. The quantitative estimate of drug-likeness (QED) is 0.724. The van der Waals surface area contributed by atoms with E-state index in [1.165, 1.54) is 6.42 Å². The largest absolute Gasteiger partial charge is 0.481 e. The number of hydrogen-bond donors (Lipinski definition) is 2. The van der Waals surface area contributed by atoms with Crippen LogP contribution in [0.3, 0.4) is 0 Å². The van der Waals surface area contributed by atoms with Crippen LogP contribution in [0.4, 0.5) is 0 Å². The molecular formula is C9H16ClNO3. The van der Waals surface area contributed by atoms with Crippen LogP contribution in [-0.4, -0.2) is 35.9 Å². The summed E-state index contributed by atoms with van der Waals surface area (Å²) in [5, 5.41) is 11.8. The SMILES string of the molecule is Cl.O=C(O)CC1COC2(CCC2)CN1. The summed E-state index contributed by atoms with van der Waals surface area (Å²) >= 11 is 0. The number of rotatable bonds is 2. The second kappa shape index (κ2) is 4.47. The highest BCUT2D eigenvalue weighted by Crippen LogP contribution is 2.36. The van der Waals surface area contributed by atoms with Gasteiger partial charge in [-0.05, 0) is 19.3 Å². The second-order valence-electron chi connectivity index (χ2n) is 4.02. The number of nitrogens with one attached hydrogen (secondary N) is 1. The van der Waals surface area contributed by atoms with Gasteiger partial charge in [-0.25, -0.2) is 0 Å². The van der Waals surface area contributed by atoms with Gasteiger partial charge in [0.25, 0.3) is 0 Å². The van der Waals surface area contributed by atoms with Crippen LogP contribution < -0.4 is 5.32 Å². The van der Waals surface area contributed by atoms with E-state index in [0.717, 1.165) is 19.4 Å². The van der Waals surface area contributed by atoms with Crippen LogP contribution in [0.2, 0.25) is 0 Å². The molecule has 1 heterocycles. The predicted molar refractivity (Wildman–Crippen MR) is 53.8 cm³/mol. The van der Waals surface area contributed by atoms with Crippen molar-refractivity contribution in [1.82, 2.24) is 5.32 Å². The molecule has 0 aromatic carbocycles. The summed E-state index contributed by atoms with van der Waals surface area (Å²) in [7, 11) is 0. The van der Waals surface area contributed by atoms with E-state index >= 15 is 0 Å². The fraction of sp³-hybridized carbons (Fsp3) is 0.889. The highest BCUT2D eigenvalue weighted by atomic mass is 35.5.